The normalized spacial score (nSPS) is 13.2. The number of benzene rings is 16. The molecular formula is C104H80B2N6. The molecule has 0 spiro atoms. The zero-order chi connectivity index (χ0) is 75.1. The van der Waals surface area contributed by atoms with Crippen LogP contribution >= 0.6 is 0 Å². The number of hydrogen-bond acceptors (Lipinski definition) is 5. The lowest BCUT2D eigenvalue weighted by Gasteiger charge is -2.48. The van der Waals surface area contributed by atoms with Crippen molar-refractivity contribution in [2.45, 2.75) is 52.4 Å². The molecule has 21 rings (SSSR count). The number of rotatable bonds is 11. The number of para-hydroxylation sites is 8. The molecule has 6 nitrogen and oxygen atoms in total. The lowest BCUT2D eigenvalue weighted by Crippen LogP contribution is -2.65. The number of aromatic nitrogens is 1. The first-order valence-corrected chi connectivity index (χ1v) is 39.3. The average Bonchev–Trinajstić information content (AvgIpc) is 0.752. The molecule has 17 aromatic rings. The van der Waals surface area contributed by atoms with Gasteiger partial charge in [0.05, 0.1) is 39.5 Å². The molecule has 532 valence electrons. The average molecular weight is 1440 g/mol. The van der Waals surface area contributed by atoms with Crippen LogP contribution in [0.1, 0.15) is 52.7 Å². The second-order valence-corrected chi connectivity index (χ2v) is 32.4. The van der Waals surface area contributed by atoms with Gasteiger partial charge in [0.1, 0.15) is 0 Å². The predicted octanol–water partition coefficient (Wildman–Crippen LogP) is 24.0. The van der Waals surface area contributed by atoms with Gasteiger partial charge in [0.25, 0.3) is 13.4 Å². The van der Waals surface area contributed by atoms with Crippen LogP contribution in [0.25, 0.3) is 60.9 Å². The van der Waals surface area contributed by atoms with Crippen molar-refractivity contribution in [2.24, 2.45) is 0 Å². The molecule has 0 radical (unpaired) electrons. The summed E-state index contributed by atoms with van der Waals surface area (Å²) in [7, 11) is 0. The molecule has 5 heterocycles. The van der Waals surface area contributed by atoms with E-state index in [-0.39, 0.29) is 24.3 Å². The Morgan fingerprint density at radius 3 is 1.09 bits per heavy atom. The van der Waals surface area contributed by atoms with Gasteiger partial charge in [-0.3, -0.25) is 0 Å². The second kappa shape index (κ2) is 26.1. The topological polar surface area (TPSA) is 21.1 Å². The molecule has 4 aliphatic rings. The molecule has 0 amide bonds. The first-order valence-electron chi connectivity index (χ1n) is 39.3. The van der Waals surface area contributed by atoms with Crippen LogP contribution in [-0.4, -0.2) is 18.0 Å². The summed E-state index contributed by atoms with van der Waals surface area (Å²) in [6.45, 7) is 13.5. The third-order valence-electron chi connectivity index (χ3n) is 23.8. The smallest absolute Gasteiger partial charge is 0.252 e. The highest BCUT2D eigenvalue weighted by molar-refractivity contribution is 7.03. The Morgan fingerprint density at radius 1 is 0.241 bits per heavy atom. The fraction of sp³-hybridized carbons (Fsp3) is 0.0769. The molecule has 112 heavy (non-hydrogen) atoms. The quantitative estimate of drug-likeness (QED) is 0.120. The Hall–Kier alpha value is -13.6. The summed E-state index contributed by atoms with van der Waals surface area (Å²) in [4.78, 5) is 13.0. The van der Waals surface area contributed by atoms with E-state index >= 15 is 0 Å². The monoisotopic (exact) mass is 1430 g/mol. The van der Waals surface area contributed by atoms with Crippen molar-refractivity contribution < 1.29 is 0 Å². The van der Waals surface area contributed by atoms with Crippen LogP contribution in [0.5, 0.6) is 0 Å². The fourth-order valence-electron chi connectivity index (χ4n) is 18.7. The molecule has 0 fully saturated rings. The number of nitrogens with zero attached hydrogens (tertiary/aromatic N) is 6. The second-order valence-electron chi connectivity index (χ2n) is 32.4. The van der Waals surface area contributed by atoms with Gasteiger partial charge in [-0.25, -0.2) is 0 Å². The van der Waals surface area contributed by atoms with Crippen molar-refractivity contribution in [1.82, 2.24) is 4.57 Å². The van der Waals surface area contributed by atoms with E-state index in [2.05, 4.69) is 447 Å². The van der Waals surface area contributed by atoms with Gasteiger partial charge in [0.2, 0.25) is 0 Å². The molecule has 0 atom stereocenters. The molecule has 0 saturated heterocycles. The van der Waals surface area contributed by atoms with Crippen molar-refractivity contribution >= 4 is 153 Å². The van der Waals surface area contributed by atoms with Crippen molar-refractivity contribution in [3.8, 4) is 39.1 Å². The van der Waals surface area contributed by atoms with Crippen LogP contribution in [0.3, 0.4) is 0 Å². The first-order chi connectivity index (χ1) is 54.9. The summed E-state index contributed by atoms with van der Waals surface area (Å²) in [6.07, 6.45) is 0. The minimum absolute atomic E-state index is 0.120. The highest BCUT2D eigenvalue weighted by Crippen LogP contribution is 2.54. The zero-order valence-electron chi connectivity index (χ0n) is 63.6. The fourth-order valence-corrected chi connectivity index (χ4v) is 18.7. The maximum Gasteiger partial charge on any atom is 0.252 e. The van der Waals surface area contributed by atoms with Crippen LogP contribution in [0.2, 0.25) is 0 Å². The van der Waals surface area contributed by atoms with Gasteiger partial charge in [0.15, 0.2) is 0 Å². The van der Waals surface area contributed by atoms with Crippen LogP contribution < -0.4 is 57.3 Å². The van der Waals surface area contributed by atoms with Gasteiger partial charge in [-0.15, -0.1) is 0 Å². The van der Waals surface area contributed by atoms with Gasteiger partial charge in [-0.05, 0) is 181 Å². The van der Waals surface area contributed by atoms with Gasteiger partial charge in [0, 0.05) is 90.0 Å². The van der Waals surface area contributed by atoms with E-state index in [1.165, 1.54) is 65.7 Å². The minimum Gasteiger partial charge on any atom is -0.311 e. The minimum atomic E-state index is -0.245. The number of hydrogen-bond donors (Lipinski definition) is 0. The lowest BCUT2D eigenvalue weighted by atomic mass is 9.30. The maximum absolute atomic E-state index is 2.68. The number of fused-ring (bicyclic) bond motifs is 11. The first kappa shape index (κ1) is 66.6. The van der Waals surface area contributed by atoms with Crippen LogP contribution in [0.15, 0.2) is 376 Å². The highest BCUT2D eigenvalue weighted by Gasteiger charge is 2.49. The van der Waals surface area contributed by atoms with Crippen LogP contribution in [-0.2, 0) is 10.8 Å². The maximum atomic E-state index is 2.68. The summed E-state index contributed by atoms with van der Waals surface area (Å²) in [5.41, 5.74) is 36.5. The van der Waals surface area contributed by atoms with Gasteiger partial charge in [-0.1, -0.05) is 308 Å². The Balaban J connectivity index is 0.910. The van der Waals surface area contributed by atoms with Gasteiger partial charge >= 0.3 is 0 Å². The zero-order valence-corrected chi connectivity index (χ0v) is 63.6. The van der Waals surface area contributed by atoms with Crippen molar-refractivity contribution in [2.75, 3.05) is 24.5 Å². The van der Waals surface area contributed by atoms with Crippen LogP contribution in [0, 0.1) is 0 Å². The van der Waals surface area contributed by atoms with E-state index < -0.39 is 0 Å². The summed E-state index contributed by atoms with van der Waals surface area (Å²) in [6, 6.07) is 142. The summed E-state index contributed by atoms with van der Waals surface area (Å²) in [5, 5.41) is 2.46. The molecule has 8 heteroatoms. The SMILES string of the molecule is CC(C)(C)c1ccc2c3ccc(C(C)(C)C)cc3n(-c3cc4c5c(c3)N(c3ccccc3-c3ccccc3)c3ccccc3B5c3cc5c(cc3N4c3ccccc3)N(c3ccccc3-c3ccccc3)c3cc(N(c4ccccc4)c4ccccc4-c4ccccc4)cc4c3B5c3ccccc3N4c3ccccc3)c2c1. The lowest BCUT2D eigenvalue weighted by molar-refractivity contribution is 0.591. The Kier molecular flexibility index (Phi) is 15.5. The third-order valence-corrected chi connectivity index (χ3v) is 23.8. The van der Waals surface area contributed by atoms with Gasteiger partial charge in [-0.2, -0.15) is 0 Å². The molecule has 16 aromatic carbocycles. The molecule has 0 N–H and O–H groups in total. The van der Waals surface area contributed by atoms with Crippen molar-refractivity contribution in [3.63, 3.8) is 0 Å². The van der Waals surface area contributed by atoms with E-state index in [1.54, 1.807) is 0 Å². The summed E-state index contributed by atoms with van der Waals surface area (Å²) in [5.74, 6) is 0. The molecule has 4 aliphatic heterocycles. The number of anilines is 15. The largest absolute Gasteiger partial charge is 0.311 e. The molecule has 0 aliphatic carbocycles. The molecule has 1 aromatic heterocycles. The van der Waals surface area contributed by atoms with E-state index in [4.69, 9.17) is 0 Å². The van der Waals surface area contributed by atoms with Crippen molar-refractivity contribution in [1.29, 1.82) is 0 Å². The Morgan fingerprint density at radius 2 is 0.598 bits per heavy atom. The van der Waals surface area contributed by atoms with E-state index in [1.807, 2.05) is 0 Å². The Bertz CT molecular complexity index is 6500. The van der Waals surface area contributed by atoms with E-state index in [0.29, 0.717) is 0 Å². The summed E-state index contributed by atoms with van der Waals surface area (Å²) >= 11 is 0. The molecular weight excluding hydrogens is 1350 g/mol. The third kappa shape index (κ3) is 10.6. The molecule has 0 saturated carbocycles. The van der Waals surface area contributed by atoms with E-state index in [9.17, 15) is 0 Å². The summed E-state index contributed by atoms with van der Waals surface area (Å²) < 4.78 is 2.61. The standard InChI is InChI=1S/C104H80B2N6/c1-103(2,3)72-57-59-82-83-60-58-73(104(4,5)6)62-94(83)110(93(82)61-72)78-65-98-102-99(66-78)111(89-53-31-26-48-80(89)70-37-15-8-16-38-70)92-56-34-29-51-85(92)106(102)86-67-87-96(68-95(86)109(98)76-45-23-12-24-46-76)112(90-54-32-27-49-81(90)71-39-17-9-18-40-71)100-64-77(63-97-101(100)105(87)84-50-28-33-55-91(84)108(97)75-43-21-11-22-44-75)107(74-41-19-10-20-42-74)88-52-30-25-47-79(88)69-35-13-7-14-36-69/h7-68H,1-6H3. The van der Waals surface area contributed by atoms with Crippen molar-refractivity contribution in [3.05, 3.63) is 387 Å². The molecule has 0 unspecified atom stereocenters. The molecule has 0 bridgehead atoms. The van der Waals surface area contributed by atoms with Crippen LogP contribution in [0.4, 0.5) is 85.3 Å². The van der Waals surface area contributed by atoms with E-state index in [0.717, 1.165) is 124 Å². The van der Waals surface area contributed by atoms with Gasteiger partial charge < -0.3 is 29.1 Å². The Labute approximate surface area is 656 Å². The predicted molar refractivity (Wildman–Crippen MR) is 477 cm³/mol. The highest BCUT2D eigenvalue weighted by atomic mass is 15.2.